The Kier molecular flexibility index (Phi) is 4.68. The quantitative estimate of drug-likeness (QED) is 0.349. The molecule has 0 radical (unpaired) electrons. The molecule has 2 heterocycles. The standard InChI is InChI=1S/C20H25N5O2/c1-12-4-3-5-15(24-12)11-23-20(21-2)22-8-9-25-18(26)16-13-6-7-14(10-13)17(16)19(25)27/h3-7,13-14,16-17H,8-11H2,1-2H3,(H2,21,22,23). The van der Waals surface area contributed by atoms with Crippen LogP contribution in [0.5, 0.6) is 0 Å². The number of imide groups is 1. The summed E-state index contributed by atoms with van der Waals surface area (Å²) in [7, 11) is 1.69. The van der Waals surface area contributed by atoms with Crippen LogP contribution >= 0.6 is 0 Å². The van der Waals surface area contributed by atoms with Crippen molar-refractivity contribution in [1.29, 1.82) is 0 Å². The van der Waals surface area contributed by atoms with Gasteiger partial charge in [-0.2, -0.15) is 0 Å². The van der Waals surface area contributed by atoms with Gasteiger partial charge in [0, 0.05) is 25.8 Å². The average Bonchev–Trinajstić information content (AvgIpc) is 3.34. The van der Waals surface area contributed by atoms with E-state index in [-0.39, 0.29) is 35.5 Å². The highest BCUT2D eigenvalue weighted by Gasteiger charge is 2.58. The van der Waals surface area contributed by atoms with Crippen LogP contribution in [0.3, 0.4) is 0 Å². The second-order valence-electron chi connectivity index (χ2n) is 7.45. The summed E-state index contributed by atoms with van der Waals surface area (Å²) in [5.41, 5.74) is 1.90. The van der Waals surface area contributed by atoms with Crippen LogP contribution in [0.15, 0.2) is 35.3 Å². The highest BCUT2D eigenvalue weighted by molar-refractivity contribution is 6.06. The maximum Gasteiger partial charge on any atom is 0.233 e. The minimum Gasteiger partial charge on any atom is -0.355 e. The van der Waals surface area contributed by atoms with Gasteiger partial charge in [-0.3, -0.25) is 24.5 Å². The van der Waals surface area contributed by atoms with Gasteiger partial charge < -0.3 is 10.6 Å². The van der Waals surface area contributed by atoms with Crippen molar-refractivity contribution in [2.24, 2.45) is 28.7 Å². The zero-order valence-electron chi connectivity index (χ0n) is 15.7. The molecule has 2 N–H and O–H groups in total. The number of carbonyl (C=O) groups is 2. The molecular formula is C20H25N5O2. The summed E-state index contributed by atoms with van der Waals surface area (Å²) in [6, 6.07) is 5.88. The second-order valence-corrected chi connectivity index (χ2v) is 7.45. The van der Waals surface area contributed by atoms with Crippen LogP contribution in [0.2, 0.25) is 0 Å². The Balaban J connectivity index is 1.28. The summed E-state index contributed by atoms with van der Waals surface area (Å²) in [5, 5.41) is 6.38. The van der Waals surface area contributed by atoms with Gasteiger partial charge in [-0.05, 0) is 37.3 Å². The van der Waals surface area contributed by atoms with Gasteiger partial charge in [0.15, 0.2) is 5.96 Å². The SMILES string of the molecule is CN=C(NCCN1C(=O)C2C3C=CC(C3)C2C1=O)NCc1cccc(C)n1. The lowest BCUT2D eigenvalue weighted by molar-refractivity contribution is -0.140. The predicted molar refractivity (Wildman–Crippen MR) is 102 cm³/mol. The molecule has 2 aliphatic carbocycles. The fourth-order valence-electron chi connectivity index (χ4n) is 4.56. The summed E-state index contributed by atoms with van der Waals surface area (Å²) in [4.78, 5) is 35.4. The number of amides is 2. The number of rotatable bonds is 5. The molecule has 2 fully saturated rings. The van der Waals surface area contributed by atoms with E-state index in [0.717, 1.165) is 17.8 Å². The van der Waals surface area contributed by atoms with Crippen LogP contribution in [0, 0.1) is 30.6 Å². The molecule has 0 spiro atoms. The number of likely N-dealkylation sites (tertiary alicyclic amines) is 1. The third-order valence-corrected chi connectivity index (χ3v) is 5.80. The van der Waals surface area contributed by atoms with Crippen molar-refractivity contribution in [2.45, 2.75) is 19.9 Å². The minimum absolute atomic E-state index is 0.00411. The molecule has 1 saturated carbocycles. The molecule has 0 aromatic carbocycles. The summed E-state index contributed by atoms with van der Waals surface area (Å²) in [6.07, 6.45) is 5.19. The van der Waals surface area contributed by atoms with Crippen LogP contribution in [0.1, 0.15) is 17.8 Å². The molecule has 4 atom stereocenters. The molecule has 1 aromatic rings. The number of allylic oxidation sites excluding steroid dienone is 2. The highest BCUT2D eigenvalue weighted by Crippen LogP contribution is 2.52. The van der Waals surface area contributed by atoms with Crippen molar-refractivity contribution in [3.05, 3.63) is 41.7 Å². The first-order valence-corrected chi connectivity index (χ1v) is 9.49. The van der Waals surface area contributed by atoms with E-state index in [0.29, 0.717) is 25.6 Å². The Morgan fingerprint density at radius 2 is 1.89 bits per heavy atom. The normalized spacial score (nSPS) is 28.8. The highest BCUT2D eigenvalue weighted by atomic mass is 16.2. The Bertz CT molecular complexity index is 788. The number of pyridine rings is 1. The fraction of sp³-hybridized carbons (Fsp3) is 0.500. The van der Waals surface area contributed by atoms with E-state index in [1.54, 1.807) is 7.05 Å². The van der Waals surface area contributed by atoms with E-state index in [1.807, 2.05) is 25.1 Å². The molecule has 2 bridgehead atoms. The summed E-state index contributed by atoms with van der Waals surface area (Å²) in [6.45, 7) is 3.36. The van der Waals surface area contributed by atoms with E-state index < -0.39 is 0 Å². The van der Waals surface area contributed by atoms with Crippen molar-refractivity contribution >= 4 is 17.8 Å². The van der Waals surface area contributed by atoms with Gasteiger partial charge in [0.2, 0.25) is 11.8 Å². The predicted octanol–water partition coefficient (Wildman–Crippen LogP) is 0.862. The fourth-order valence-corrected chi connectivity index (χ4v) is 4.56. The first-order valence-electron chi connectivity index (χ1n) is 9.49. The Morgan fingerprint density at radius 1 is 1.19 bits per heavy atom. The van der Waals surface area contributed by atoms with Crippen LogP contribution in [0.4, 0.5) is 0 Å². The number of nitrogens with one attached hydrogen (secondary N) is 2. The minimum atomic E-state index is -0.127. The second kappa shape index (κ2) is 7.13. The number of hydrogen-bond acceptors (Lipinski definition) is 4. The van der Waals surface area contributed by atoms with Gasteiger partial charge in [-0.1, -0.05) is 18.2 Å². The molecule has 7 heteroatoms. The van der Waals surface area contributed by atoms with E-state index in [2.05, 4.69) is 32.8 Å². The molecule has 4 rings (SSSR count). The number of hydrogen-bond donors (Lipinski definition) is 2. The smallest absolute Gasteiger partial charge is 0.233 e. The largest absolute Gasteiger partial charge is 0.355 e. The number of guanidine groups is 1. The third kappa shape index (κ3) is 3.22. The van der Waals surface area contributed by atoms with Crippen LogP contribution in [0.25, 0.3) is 0 Å². The van der Waals surface area contributed by atoms with E-state index in [1.165, 1.54) is 4.90 Å². The third-order valence-electron chi connectivity index (χ3n) is 5.80. The van der Waals surface area contributed by atoms with E-state index in [9.17, 15) is 9.59 Å². The van der Waals surface area contributed by atoms with Gasteiger partial charge >= 0.3 is 0 Å². The van der Waals surface area contributed by atoms with Crippen molar-refractivity contribution in [2.75, 3.05) is 20.1 Å². The molecule has 2 amide bonds. The van der Waals surface area contributed by atoms with Gasteiger partial charge in [0.1, 0.15) is 0 Å². The summed E-state index contributed by atoms with van der Waals surface area (Å²) in [5.74, 6) is 0.872. The first-order chi connectivity index (χ1) is 13.1. The number of fused-ring (bicyclic) bond motifs is 5. The molecule has 3 aliphatic rings. The zero-order chi connectivity index (χ0) is 19.0. The Labute approximate surface area is 158 Å². The molecule has 1 aromatic heterocycles. The van der Waals surface area contributed by atoms with Crippen LogP contribution in [-0.2, 0) is 16.1 Å². The molecular weight excluding hydrogens is 342 g/mol. The lowest BCUT2D eigenvalue weighted by Gasteiger charge is -2.18. The Hall–Kier alpha value is -2.70. The summed E-state index contributed by atoms with van der Waals surface area (Å²) < 4.78 is 0. The van der Waals surface area contributed by atoms with Crippen LogP contribution < -0.4 is 10.6 Å². The number of aliphatic imine (C=N–C) groups is 1. The maximum absolute atomic E-state index is 12.7. The van der Waals surface area contributed by atoms with Gasteiger partial charge in [-0.15, -0.1) is 0 Å². The topological polar surface area (TPSA) is 86.7 Å². The van der Waals surface area contributed by atoms with Gasteiger partial charge in [0.25, 0.3) is 0 Å². The Morgan fingerprint density at radius 3 is 2.52 bits per heavy atom. The maximum atomic E-state index is 12.7. The molecule has 1 saturated heterocycles. The molecule has 4 unspecified atom stereocenters. The van der Waals surface area contributed by atoms with Gasteiger partial charge in [-0.25, -0.2) is 0 Å². The number of aryl methyl sites for hydroxylation is 1. The number of aromatic nitrogens is 1. The number of nitrogens with zero attached hydrogens (tertiary/aromatic N) is 3. The van der Waals surface area contributed by atoms with E-state index >= 15 is 0 Å². The monoisotopic (exact) mass is 367 g/mol. The van der Waals surface area contributed by atoms with Crippen molar-refractivity contribution in [3.8, 4) is 0 Å². The van der Waals surface area contributed by atoms with E-state index in [4.69, 9.17) is 0 Å². The first kappa shape index (κ1) is 17.7. The van der Waals surface area contributed by atoms with Crippen molar-refractivity contribution in [3.63, 3.8) is 0 Å². The van der Waals surface area contributed by atoms with Crippen molar-refractivity contribution in [1.82, 2.24) is 20.5 Å². The molecule has 142 valence electrons. The van der Waals surface area contributed by atoms with Crippen LogP contribution in [-0.4, -0.2) is 47.8 Å². The lowest BCUT2D eigenvalue weighted by Crippen LogP contribution is -2.43. The molecule has 27 heavy (non-hydrogen) atoms. The molecule has 1 aliphatic heterocycles. The lowest BCUT2D eigenvalue weighted by atomic mass is 9.85. The summed E-state index contributed by atoms with van der Waals surface area (Å²) >= 11 is 0. The van der Waals surface area contributed by atoms with Crippen molar-refractivity contribution < 1.29 is 9.59 Å². The molecule has 7 nitrogen and oxygen atoms in total. The average molecular weight is 367 g/mol. The zero-order valence-corrected chi connectivity index (χ0v) is 15.7. The van der Waals surface area contributed by atoms with Gasteiger partial charge in [0.05, 0.1) is 24.1 Å². The number of carbonyl (C=O) groups excluding carboxylic acids is 2.